The van der Waals surface area contributed by atoms with Crippen LogP contribution in [0.1, 0.15) is 24.3 Å². The van der Waals surface area contributed by atoms with E-state index >= 15 is 0 Å². The molecule has 0 unspecified atom stereocenters. The fourth-order valence-electron chi connectivity index (χ4n) is 1.84. The molecule has 0 aliphatic heterocycles. The average Bonchev–Trinajstić information content (AvgIpc) is 3.13. The number of rotatable bonds is 2. The van der Waals surface area contributed by atoms with Crippen molar-refractivity contribution < 1.29 is 0 Å². The van der Waals surface area contributed by atoms with Crippen molar-refractivity contribution in [2.24, 2.45) is 0 Å². The Labute approximate surface area is 93.2 Å². The smallest absolute Gasteiger partial charge is 0.248 e. The summed E-state index contributed by atoms with van der Waals surface area (Å²) in [6.07, 6.45) is 6.14. The van der Waals surface area contributed by atoms with Crippen LogP contribution in [0.25, 0.3) is 11.3 Å². The van der Waals surface area contributed by atoms with Crippen molar-refractivity contribution in [3.8, 4) is 11.3 Å². The highest BCUT2D eigenvalue weighted by molar-refractivity contribution is 5.58. The van der Waals surface area contributed by atoms with Gasteiger partial charge in [0, 0.05) is 24.0 Å². The van der Waals surface area contributed by atoms with Gasteiger partial charge in [-0.15, -0.1) is 0 Å². The second-order valence-corrected chi connectivity index (χ2v) is 4.19. The van der Waals surface area contributed by atoms with E-state index in [1.165, 1.54) is 18.4 Å². The summed E-state index contributed by atoms with van der Waals surface area (Å²) in [5.41, 5.74) is 2.95. The summed E-state index contributed by atoms with van der Waals surface area (Å²) in [5, 5.41) is 0. The van der Waals surface area contributed by atoms with E-state index in [1.807, 2.05) is 18.3 Å². The summed E-state index contributed by atoms with van der Waals surface area (Å²) in [6, 6.07) is 7.53. The summed E-state index contributed by atoms with van der Waals surface area (Å²) in [7, 11) is 0. The molecule has 0 atom stereocenters. The van der Waals surface area contributed by atoms with Crippen molar-refractivity contribution in [1.29, 1.82) is 0 Å². The lowest BCUT2D eigenvalue weighted by Gasteiger charge is -2.01. The van der Waals surface area contributed by atoms with Gasteiger partial charge < -0.3 is 4.98 Å². The second-order valence-electron chi connectivity index (χ2n) is 4.19. The maximum Gasteiger partial charge on any atom is 0.248 e. The van der Waals surface area contributed by atoms with E-state index in [2.05, 4.69) is 16.0 Å². The third kappa shape index (κ3) is 1.76. The van der Waals surface area contributed by atoms with Crippen LogP contribution in [0.3, 0.4) is 0 Å². The van der Waals surface area contributed by atoms with E-state index in [4.69, 9.17) is 0 Å². The molecule has 0 spiro atoms. The molecular weight excluding hydrogens is 200 g/mol. The Bertz CT molecular complexity index is 553. The van der Waals surface area contributed by atoms with Crippen molar-refractivity contribution >= 4 is 0 Å². The van der Waals surface area contributed by atoms with Crippen LogP contribution in [0.15, 0.2) is 41.5 Å². The largest absolute Gasteiger partial charge is 0.329 e. The molecule has 2 heterocycles. The molecule has 0 bridgehead atoms. The predicted octanol–water partition coefficient (Wildman–Crippen LogP) is 2.31. The van der Waals surface area contributed by atoms with Gasteiger partial charge in [-0.25, -0.2) is 0 Å². The van der Waals surface area contributed by atoms with E-state index in [-0.39, 0.29) is 5.56 Å². The highest BCUT2D eigenvalue weighted by atomic mass is 16.1. The van der Waals surface area contributed by atoms with Gasteiger partial charge >= 0.3 is 0 Å². The Morgan fingerprint density at radius 1 is 1.25 bits per heavy atom. The fraction of sp³-hybridized carbons (Fsp3) is 0.231. The molecule has 0 aromatic carbocycles. The molecule has 0 radical (unpaired) electrons. The summed E-state index contributed by atoms with van der Waals surface area (Å²) < 4.78 is 0. The summed E-state index contributed by atoms with van der Waals surface area (Å²) in [6.45, 7) is 0. The van der Waals surface area contributed by atoms with Crippen LogP contribution in [0.4, 0.5) is 0 Å². The normalized spacial score (nSPS) is 15.0. The van der Waals surface area contributed by atoms with E-state index in [1.54, 1.807) is 12.3 Å². The van der Waals surface area contributed by atoms with Crippen LogP contribution in [0, 0.1) is 0 Å². The molecule has 1 aliphatic carbocycles. The standard InChI is InChI=1S/C13H12N2O/c16-13-7-10(5-6-14-13)12-4-3-11(8-15-12)9-1-2-9/h3-9H,1-2H2,(H,14,16). The molecule has 2 aromatic heterocycles. The molecule has 1 N–H and O–H groups in total. The summed E-state index contributed by atoms with van der Waals surface area (Å²) >= 11 is 0. The van der Waals surface area contributed by atoms with Crippen molar-refractivity contribution in [3.05, 3.63) is 52.6 Å². The molecule has 80 valence electrons. The summed E-state index contributed by atoms with van der Waals surface area (Å²) in [5.74, 6) is 0.723. The fourth-order valence-corrected chi connectivity index (χ4v) is 1.84. The van der Waals surface area contributed by atoms with Gasteiger partial charge in [-0.3, -0.25) is 9.78 Å². The van der Waals surface area contributed by atoms with Gasteiger partial charge in [0.25, 0.3) is 0 Å². The first-order valence-electron chi connectivity index (χ1n) is 5.48. The van der Waals surface area contributed by atoms with Crippen LogP contribution >= 0.6 is 0 Å². The minimum absolute atomic E-state index is 0.0921. The maximum absolute atomic E-state index is 11.2. The first kappa shape index (κ1) is 9.33. The monoisotopic (exact) mass is 212 g/mol. The van der Waals surface area contributed by atoms with Crippen LogP contribution < -0.4 is 5.56 Å². The van der Waals surface area contributed by atoms with Gasteiger partial charge in [-0.2, -0.15) is 0 Å². The lowest BCUT2D eigenvalue weighted by molar-refractivity contribution is 1.09. The van der Waals surface area contributed by atoms with Gasteiger partial charge in [0.05, 0.1) is 5.69 Å². The molecule has 1 saturated carbocycles. The SMILES string of the molecule is O=c1cc(-c2ccc(C3CC3)cn2)cc[nH]1. The van der Waals surface area contributed by atoms with Crippen molar-refractivity contribution in [3.63, 3.8) is 0 Å². The third-order valence-electron chi connectivity index (χ3n) is 2.91. The first-order valence-corrected chi connectivity index (χ1v) is 5.48. The van der Waals surface area contributed by atoms with E-state index in [0.29, 0.717) is 0 Å². The third-order valence-corrected chi connectivity index (χ3v) is 2.91. The number of hydrogen-bond acceptors (Lipinski definition) is 2. The Kier molecular flexibility index (Phi) is 2.10. The zero-order valence-corrected chi connectivity index (χ0v) is 8.81. The van der Waals surface area contributed by atoms with Gasteiger partial charge in [-0.05, 0) is 36.5 Å². The Hall–Kier alpha value is -1.90. The van der Waals surface area contributed by atoms with Crippen molar-refractivity contribution in [2.75, 3.05) is 0 Å². The summed E-state index contributed by atoms with van der Waals surface area (Å²) in [4.78, 5) is 18.2. The number of pyridine rings is 2. The highest BCUT2D eigenvalue weighted by Gasteiger charge is 2.23. The lowest BCUT2D eigenvalue weighted by atomic mass is 10.1. The van der Waals surface area contributed by atoms with Crippen LogP contribution in [-0.4, -0.2) is 9.97 Å². The molecule has 3 heteroatoms. The Morgan fingerprint density at radius 2 is 2.12 bits per heavy atom. The maximum atomic E-state index is 11.2. The minimum atomic E-state index is -0.0921. The van der Waals surface area contributed by atoms with Crippen LogP contribution in [0.5, 0.6) is 0 Å². The minimum Gasteiger partial charge on any atom is -0.329 e. The van der Waals surface area contributed by atoms with Gasteiger partial charge in [0.15, 0.2) is 0 Å². The molecule has 0 amide bonds. The number of aromatic amines is 1. The van der Waals surface area contributed by atoms with Gasteiger partial charge in [0.1, 0.15) is 0 Å². The number of nitrogens with one attached hydrogen (secondary N) is 1. The molecule has 3 rings (SSSR count). The van der Waals surface area contributed by atoms with Crippen molar-refractivity contribution in [1.82, 2.24) is 9.97 Å². The topological polar surface area (TPSA) is 45.8 Å². The van der Waals surface area contributed by atoms with E-state index in [9.17, 15) is 4.79 Å². The quantitative estimate of drug-likeness (QED) is 0.830. The van der Waals surface area contributed by atoms with E-state index in [0.717, 1.165) is 17.2 Å². The lowest BCUT2D eigenvalue weighted by Crippen LogP contribution is -2.02. The van der Waals surface area contributed by atoms with E-state index < -0.39 is 0 Å². The molecule has 16 heavy (non-hydrogen) atoms. The van der Waals surface area contributed by atoms with Gasteiger partial charge in [0.2, 0.25) is 5.56 Å². The molecule has 1 aliphatic rings. The Morgan fingerprint density at radius 3 is 2.75 bits per heavy atom. The zero-order valence-electron chi connectivity index (χ0n) is 8.81. The molecule has 3 nitrogen and oxygen atoms in total. The molecule has 2 aromatic rings. The number of hydrogen-bond donors (Lipinski definition) is 1. The Balaban J connectivity index is 1.97. The molecule has 1 fully saturated rings. The average molecular weight is 212 g/mol. The van der Waals surface area contributed by atoms with Crippen LogP contribution in [0.2, 0.25) is 0 Å². The highest BCUT2D eigenvalue weighted by Crippen LogP contribution is 2.39. The van der Waals surface area contributed by atoms with Crippen LogP contribution in [-0.2, 0) is 0 Å². The van der Waals surface area contributed by atoms with Crippen molar-refractivity contribution in [2.45, 2.75) is 18.8 Å². The molecule has 0 saturated heterocycles. The number of H-pyrrole nitrogens is 1. The second kappa shape index (κ2) is 3.59. The first-order chi connectivity index (χ1) is 7.83. The molecular formula is C13H12N2O. The number of aromatic nitrogens is 2. The number of nitrogens with zero attached hydrogens (tertiary/aromatic N) is 1. The van der Waals surface area contributed by atoms with Gasteiger partial charge in [-0.1, -0.05) is 6.07 Å². The zero-order chi connectivity index (χ0) is 11.0. The predicted molar refractivity (Wildman–Crippen MR) is 62.3 cm³/mol.